The molecule has 1 saturated heterocycles. The molecule has 3 aromatic rings. The Hall–Kier alpha value is -2.48. The van der Waals surface area contributed by atoms with Crippen molar-refractivity contribution in [2.24, 2.45) is 0 Å². The van der Waals surface area contributed by atoms with E-state index in [0.29, 0.717) is 0 Å². The van der Waals surface area contributed by atoms with Crippen molar-refractivity contribution < 1.29 is 10.2 Å². The molecule has 1 fully saturated rings. The number of benzene rings is 1. The topological polar surface area (TPSA) is 77.1 Å². The van der Waals surface area contributed by atoms with Crippen molar-refractivity contribution >= 4 is 11.5 Å². The number of aliphatic hydroxyl groups excluding tert-OH is 2. The smallest absolute Gasteiger partial charge is 0.180 e. The first-order valence-corrected chi connectivity index (χ1v) is 8.90. The molecular formula is C19H23N5O2. The third-order valence-corrected chi connectivity index (χ3v) is 4.93. The minimum Gasteiger partial charge on any atom is -0.395 e. The molecule has 3 heterocycles. The van der Waals surface area contributed by atoms with E-state index in [-0.39, 0.29) is 13.2 Å². The van der Waals surface area contributed by atoms with Crippen LogP contribution in [0.2, 0.25) is 0 Å². The highest BCUT2D eigenvalue weighted by atomic mass is 16.3. The number of aliphatic hydroxyl groups is 2. The van der Waals surface area contributed by atoms with E-state index in [1.165, 1.54) is 0 Å². The van der Waals surface area contributed by atoms with E-state index in [9.17, 15) is 5.11 Å². The van der Waals surface area contributed by atoms with Gasteiger partial charge in [-0.15, -0.1) is 0 Å². The average molecular weight is 353 g/mol. The summed E-state index contributed by atoms with van der Waals surface area (Å²) in [5.41, 5.74) is 3.76. The highest BCUT2D eigenvalue weighted by Gasteiger charge is 2.21. The third kappa shape index (κ3) is 3.16. The molecule has 0 unspecified atom stereocenters. The molecule has 1 aliphatic rings. The Morgan fingerprint density at radius 2 is 1.73 bits per heavy atom. The summed E-state index contributed by atoms with van der Waals surface area (Å²) in [5.74, 6) is 0.898. The lowest BCUT2D eigenvalue weighted by molar-refractivity contribution is 0.188. The fourth-order valence-corrected chi connectivity index (χ4v) is 3.45. The Bertz CT molecular complexity index is 869. The Balaban J connectivity index is 1.64. The predicted octanol–water partition coefficient (Wildman–Crippen LogP) is 1.00. The van der Waals surface area contributed by atoms with Crippen molar-refractivity contribution in [3.8, 4) is 11.3 Å². The van der Waals surface area contributed by atoms with Gasteiger partial charge in [-0.3, -0.25) is 9.30 Å². The summed E-state index contributed by atoms with van der Waals surface area (Å²) in [7, 11) is 0. The largest absolute Gasteiger partial charge is 0.395 e. The van der Waals surface area contributed by atoms with E-state index in [4.69, 9.17) is 10.1 Å². The molecule has 136 valence electrons. The number of hydrogen-bond donors (Lipinski definition) is 2. The molecule has 0 atom stereocenters. The van der Waals surface area contributed by atoms with E-state index >= 15 is 0 Å². The van der Waals surface area contributed by atoms with Crippen LogP contribution in [0.25, 0.3) is 16.9 Å². The van der Waals surface area contributed by atoms with Gasteiger partial charge in [0.05, 0.1) is 25.1 Å². The van der Waals surface area contributed by atoms with Crippen LogP contribution in [0, 0.1) is 0 Å². The number of β-amino-alcohol motifs (C(OH)–C–C–N with tert-alkyl or cyclic N) is 1. The van der Waals surface area contributed by atoms with E-state index in [0.717, 1.165) is 61.0 Å². The summed E-state index contributed by atoms with van der Waals surface area (Å²) in [6.45, 7) is 4.55. The number of fused-ring (bicyclic) bond motifs is 1. The van der Waals surface area contributed by atoms with Crippen LogP contribution in [0.4, 0.5) is 5.82 Å². The minimum atomic E-state index is 0.0419. The quantitative estimate of drug-likeness (QED) is 0.713. The summed E-state index contributed by atoms with van der Waals surface area (Å²) < 4.78 is 2.07. The fourth-order valence-electron chi connectivity index (χ4n) is 3.45. The molecule has 0 saturated carbocycles. The molecule has 0 radical (unpaired) electrons. The molecular weight excluding hydrogens is 330 g/mol. The zero-order valence-corrected chi connectivity index (χ0v) is 14.6. The van der Waals surface area contributed by atoms with Crippen LogP contribution in [-0.2, 0) is 6.61 Å². The van der Waals surface area contributed by atoms with Crippen LogP contribution in [0.3, 0.4) is 0 Å². The zero-order chi connectivity index (χ0) is 17.9. The number of anilines is 1. The van der Waals surface area contributed by atoms with Crippen molar-refractivity contribution in [1.29, 1.82) is 0 Å². The highest BCUT2D eigenvalue weighted by molar-refractivity contribution is 5.71. The number of aromatic nitrogens is 3. The first kappa shape index (κ1) is 17.0. The van der Waals surface area contributed by atoms with E-state index in [1.54, 1.807) is 6.20 Å². The SMILES string of the molecule is OCCN1CCN(c2ncc(-c3ccc(CO)cc3)n3ccnc23)CC1. The maximum absolute atomic E-state index is 9.22. The third-order valence-electron chi connectivity index (χ3n) is 4.93. The Morgan fingerprint density at radius 3 is 2.42 bits per heavy atom. The standard InChI is InChI=1S/C19H23N5O2/c25-12-11-22-7-9-23(10-8-22)18-19-20-5-6-24(19)17(13-21-18)16-3-1-15(14-26)2-4-16/h1-6,13,25-26H,7-12,14H2. The number of nitrogens with zero attached hydrogens (tertiary/aromatic N) is 5. The summed E-state index contributed by atoms with van der Waals surface area (Å²) in [4.78, 5) is 13.8. The van der Waals surface area contributed by atoms with Crippen LogP contribution < -0.4 is 4.90 Å². The first-order chi connectivity index (χ1) is 12.8. The highest BCUT2D eigenvalue weighted by Crippen LogP contribution is 2.26. The molecule has 4 rings (SSSR count). The van der Waals surface area contributed by atoms with Gasteiger partial charge in [-0.2, -0.15) is 0 Å². The molecule has 0 amide bonds. The van der Waals surface area contributed by atoms with Gasteiger partial charge in [-0.25, -0.2) is 9.97 Å². The molecule has 1 aliphatic heterocycles. The second-order valence-corrected chi connectivity index (χ2v) is 6.50. The lowest BCUT2D eigenvalue weighted by Gasteiger charge is -2.35. The van der Waals surface area contributed by atoms with E-state index < -0.39 is 0 Å². The number of rotatable bonds is 5. The van der Waals surface area contributed by atoms with Crippen molar-refractivity contribution in [1.82, 2.24) is 19.3 Å². The summed E-state index contributed by atoms with van der Waals surface area (Å²) in [5, 5.41) is 18.3. The van der Waals surface area contributed by atoms with Crippen LogP contribution in [0.15, 0.2) is 42.9 Å². The summed E-state index contributed by atoms with van der Waals surface area (Å²) in [6.07, 6.45) is 5.64. The van der Waals surface area contributed by atoms with E-state index in [1.807, 2.05) is 36.7 Å². The number of hydrogen-bond acceptors (Lipinski definition) is 6. The molecule has 2 aromatic heterocycles. The lowest BCUT2D eigenvalue weighted by Crippen LogP contribution is -2.47. The van der Waals surface area contributed by atoms with Crippen molar-refractivity contribution in [2.45, 2.75) is 6.61 Å². The monoisotopic (exact) mass is 353 g/mol. The van der Waals surface area contributed by atoms with Gasteiger partial charge in [0, 0.05) is 50.7 Å². The van der Waals surface area contributed by atoms with Gasteiger partial charge in [0.2, 0.25) is 0 Å². The Kier molecular flexibility index (Phi) is 4.83. The molecule has 26 heavy (non-hydrogen) atoms. The van der Waals surface area contributed by atoms with E-state index in [2.05, 4.69) is 19.2 Å². The molecule has 7 nitrogen and oxygen atoms in total. The molecule has 1 aromatic carbocycles. The van der Waals surface area contributed by atoms with Gasteiger partial charge < -0.3 is 15.1 Å². The van der Waals surface area contributed by atoms with Gasteiger partial charge in [-0.1, -0.05) is 24.3 Å². The summed E-state index contributed by atoms with van der Waals surface area (Å²) in [6, 6.07) is 7.84. The van der Waals surface area contributed by atoms with Crippen LogP contribution in [-0.4, -0.2) is 68.8 Å². The average Bonchev–Trinajstić information content (AvgIpc) is 3.18. The maximum atomic E-state index is 9.22. The summed E-state index contributed by atoms with van der Waals surface area (Å²) >= 11 is 0. The molecule has 2 N–H and O–H groups in total. The fraction of sp³-hybridized carbons (Fsp3) is 0.368. The normalized spacial score (nSPS) is 15.7. The molecule has 0 aliphatic carbocycles. The minimum absolute atomic E-state index is 0.0419. The number of imidazole rings is 1. The second-order valence-electron chi connectivity index (χ2n) is 6.50. The van der Waals surface area contributed by atoms with Gasteiger partial charge in [0.15, 0.2) is 11.5 Å². The zero-order valence-electron chi connectivity index (χ0n) is 14.6. The van der Waals surface area contributed by atoms with Gasteiger partial charge in [0.1, 0.15) is 0 Å². The second kappa shape index (κ2) is 7.41. The van der Waals surface area contributed by atoms with Crippen LogP contribution in [0.1, 0.15) is 5.56 Å². The van der Waals surface area contributed by atoms with Crippen molar-refractivity contribution in [3.05, 3.63) is 48.4 Å². The van der Waals surface area contributed by atoms with Crippen LogP contribution >= 0.6 is 0 Å². The van der Waals surface area contributed by atoms with Crippen molar-refractivity contribution in [2.75, 3.05) is 44.2 Å². The predicted molar refractivity (Wildman–Crippen MR) is 100 cm³/mol. The molecule has 0 spiro atoms. The Labute approximate surface area is 152 Å². The van der Waals surface area contributed by atoms with Crippen molar-refractivity contribution in [3.63, 3.8) is 0 Å². The van der Waals surface area contributed by atoms with Crippen LogP contribution in [0.5, 0.6) is 0 Å². The van der Waals surface area contributed by atoms with Gasteiger partial charge in [0.25, 0.3) is 0 Å². The van der Waals surface area contributed by atoms with Gasteiger partial charge in [-0.05, 0) is 5.56 Å². The Morgan fingerprint density at radius 1 is 0.962 bits per heavy atom. The lowest BCUT2D eigenvalue weighted by atomic mass is 10.1. The molecule has 0 bridgehead atoms. The molecule has 7 heteroatoms. The number of piperazine rings is 1. The van der Waals surface area contributed by atoms with Gasteiger partial charge >= 0.3 is 0 Å². The first-order valence-electron chi connectivity index (χ1n) is 8.90. The maximum Gasteiger partial charge on any atom is 0.180 e.